The van der Waals surface area contributed by atoms with Gasteiger partial charge in [-0.15, -0.1) is 0 Å². The molecule has 5 unspecified atom stereocenters. The lowest BCUT2D eigenvalue weighted by Crippen LogP contribution is -2.60. The molecule has 2 saturated heterocycles. The Morgan fingerprint density at radius 2 is 1.62 bits per heavy atom. The van der Waals surface area contributed by atoms with Crippen LogP contribution in [0.1, 0.15) is 112 Å². The van der Waals surface area contributed by atoms with Crippen molar-refractivity contribution in [3.05, 3.63) is 29.8 Å². The SMILES string of the molecule is CC[C@H](C)[C@@H]([C@@H](CC(=O)N1CCCC1[C@H](OC)[C@@H](C)C(=O)NC(CO)Cc1cccc(NC(=O)C(CCCNC(N)=O)NC(=O)C(N)C(C)C)c1)OC)N(C)C(=O)C(NC(=O)[C@@H]1[C@H]2CC[C@H](C2)N1C)C(C)C. The van der Waals surface area contributed by atoms with Crippen LogP contribution in [0.5, 0.6) is 0 Å². The van der Waals surface area contributed by atoms with Gasteiger partial charge in [-0.1, -0.05) is 67.0 Å². The molecule has 72 heavy (non-hydrogen) atoms. The van der Waals surface area contributed by atoms with Crippen molar-refractivity contribution in [2.45, 2.75) is 173 Å². The van der Waals surface area contributed by atoms with Crippen molar-refractivity contribution in [1.29, 1.82) is 0 Å². The Kier molecular flexibility index (Phi) is 23.2. The number of aliphatic hydroxyl groups excluding tert-OH is 1. The monoisotopic (exact) mass is 1010 g/mol. The Morgan fingerprint density at radius 1 is 0.917 bits per heavy atom. The number of aliphatic hydroxyl groups is 1. The third kappa shape index (κ3) is 15.6. The molecule has 10 N–H and O–H groups in total. The van der Waals surface area contributed by atoms with Crippen LogP contribution < -0.4 is 38.1 Å². The number of carbonyl (C=O) groups is 7. The molecule has 0 spiro atoms. The fraction of sp³-hybridized carbons (Fsp3) is 0.750. The maximum absolute atomic E-state index is 14.4. The summed E-state index contributed by atoms with van der Waals surface area (Å²) in [6.07, 6.45) is 4.48. The molecule has 2 bridgehead atoms. The number of urea groups is 1. The second-order valence-electron chi connectivity index (χ2n) is 21.2. The Hall–Kier alpha value is -4.89. The van der Waals surface area contributed by atoms with Gasteiger partial charge < -0.3 is 62.4 Å². The van der Waals surface area contributed by atoms with E-state index in [2.05, 4.69) is 31.5 Å². The number of nitrogens with zero attached hydrogens (tertiary/aromatic N) is 3. The predicted molar refractivity (Wildman–Crippen MR) is 275 cm³/mol. The first kappa shape index (κ1) is 59.7. The Balaban J connectivity index is 1.41. The number of likely N-dealkylation sites (tertiary alicyclic amines) is 2. The molecule has 1 aliphatic carbocycles. The zero-order chi connectivity index (χ0) is 53.6. The van der Waals surface area contributed by atoms with Crippen LogP contribution in [0.25, 0.3) is 0 Å². The number of primary amides is 1. The van der Waals surface area contributed by atoms with Crippen molar-refractivity contribution in [2.24, 2.45) is 41.1 Å². The Morgan fingerprint density at radius 3 is 2.21 bits per heavy atom. The largest absolute Gasteiger partial charge is 0.394 e. The molecular formula is C52H88N10O10. The molecule has 0 aromatic heterocycles. The number of carbonyl (C=O) groups excluding carboxylic acids is 7. The highest BCUT2D eigenvalue weighted by molar-refractivity contribution is 5.98. The highest BCUT2D eigenvalue weighted by atomic mass is 16.5. The number of methoxy groups -OCH3 is 2. The summed E-state index contributed by atoms with van der Waals surface area (Å²) in [6, 6.07) is 2.17. The number of hydrogen-bond acceptors (Lipinski definition) is 12. The molecule has 1 saturated carbocycles. The maximum Gasteiger partial charge on any atom is 0.312 e. The Bertz CT molecular complexity index is 1990. The van der Waals surface area contributed by atoms with Gasteiger partial charge in [0.05, 0.1) is 61.4 Å². The standard InChI is InChI=1S/C52H88N10O10/c1-12-31(6)44(61(9)51(69)43(30(4)5)59-50(68)45-34-20-21-37(26-34)60(45)8)40(71-10)27-41(64)62-23-15-19-39(62)46(72-11)32(7)47(65)57-36(28-63)25-33-16-13-17-35(24-33)56-48(66)38(18-14-22-55-52(54)70)58-49(67)42(53)29(2)3/h13,16-17,24,29-32,34,36-40,42-46,63H,12,14-15,18-23,25-28,53H2,1-11H3,(H,56,66)(H,57,65)(H,58,67)(H,59,68)(H3,54,55,70)/t31-,32+,34-,36?,37+,38?,39?,40+,42?,43?,44-,45-,46+/m0/s1. The van der Waals surface area contributed by atoms with Crippen molar-refractivity contribution in [2.75, 3.05) is 53.3 Å². The van der Waals surface area contributed by atoms with Crippen molar-refractivity contribution >= 4 is 47.2 Å². The molecular weight excluding hydrogens is 925 g/mol. The minimum Gasteiger partial charge on any atom is -0.394 e. The number of fused-ring (bicyclic) bond motifs is 2. The van der Waals surface area contributed by atoms with Gasteiger partial charge in [-0.3, -0.25) is 33.7 Å². The number of rotatable bonds is 28. The highest BCUT2D eigenvalue weighted by Gasteiger charge is 2.49. The number of amides is 8. The lowest BCUT2D eigenvalue weighted by atomic mass is 9.89. The molecule has 406 valence electrons. The average Bonchev–Trinajstić information content (AvgIpc) is 4.11. The van der Waals surface area contributed by atoms with Crippen LogP contribution in [0.4, 0.5) is 10.5 Å². The number of nitrogens with one attached hydrogen (secondary N) is 5. The minimum atomic E-state index is -0.963. The van der Waals surface area contributed by atoms with E-state index in [1.807, 2.05) is 34.7 Å². The van der Waals surface area contributed by atoms with Crippen LogP contribution in [-0.4, -0.2) is 170 Å². The third-order valence-electron chi connectivity index (χ3n) is 15.5. The molecule has 4 rings (SSSR count). The van der Waals surface area contributed by atoms with E-state index < -0.39 is 72.2 Å². The van der Waals surface area contributed by atoms with Gasteiger partial charge in [0.1, 0.15) is 12.1 Å². The number of anilines is 1. The van der Waals surface area contributed by atoms with Gasteiger partial charge in [0.25, 0.3) is 0 Å². The summed E-state index contributed by atoms with van der Waals surface area (Å²) in [5, 5.41) is 24.6. The van der Waals surface area contributed by atoms with E-state index in [9.17, 15) is 38.7 Å². The van der Waals surface area contributed by atoms with E-state index in [1.54, 1.807) is 69.0 Å². The molecule has 1 aromatic carbocycles. The number of likely N-dealkylation sites (N-methyl/N-ethyl adjacent to an activating group) is 2. The van der Waals surface area contributed by atoms with E-state index in [0.29, 0.717) is 49.5 Å². The molecule has 3 fully saturated rings. The number of piperidine rings is 1. The van der Waals surface area contributed by atoms with E-state index in [4.69, 9.17) is 20.9 Å². The van der Waals surface area contributed by atoms with Crippen LogP contribution >= 0.6 is 0 Å². The number of hydrogen-bond donors (Lipinski definition) is 8. The second-order valence-corrected chi connectivity index (χ2v) is 21.2. The lowest BCUT2D eigenvalue weighted by Gasteiger charge is -2.41. The summed E-state index contributed by atoms with van der Waals surface area (Å²) < 4.78 is 12.1. The first-order valence-electron chi connectivity index (χ1n) is 26.1. The molecule has 1 aromatic rings. The number of ether oxygens (including phenoxy) is 2. The summed E-state index contributed by atoms with van der Waals surface area (Å²) >= 11 is 0. The average molecular weight is 1010 g/mol. The number of nitrogens with two attached hydrogens (primary N) is 2. The number of benzene rings is 1. The van der Waals surface area contributed by atoms with Crippen LogP contribution in [0.15, 0.2) is 24.3 Å². The summed E-state index contributed by atoms with van der Waals surface area (Å²) in [5.41, 5.74) is 12.4. The van der Waals surface area contributed by atoms with Crippen molar-refractivity contribution < 1.29 is 48.1 Å². The van der Waals surface area contributed by atoms with E-state index in [1.165, 1.54) is 7.11 Å². The molecule has 13 atom stereocenters. The fourth-order valence-electron chi connectivity index (χ4n) is 11.0. The zero-order valence-corrected chi connectivity index (χ0v) is 44.8. The van der Waals surface area contributed by atoms with Crippen molar-refractivity contribution in [3.8, 4) is 0 Å². The van der Waals surface area contributed by atoms with E-state index >= 15 is 0 Å². The van der Waals surface area contributed by atoms with Crippen LogP contribution in [0.3, 0.4) is 0 Å². The van der Waals surface area contributed by atoms with Crippen LogP contribution in [0.2, 0.25) is 0 Å². The van der Waals surface area contributed by atoms with E-state index in [-0.39, 0.29) is 85.8 Å². The van der Waals surface area contributed by atoms with Crippen LogP contribution in [-0.2, 0) is 44.7 Å². The highest BCUT2D eigenvalue weighted by Crippen LogP contribution is 2.41. The van der Waals surface area contributed by atoms with Gasteiger partial charge in [0.15, 0.2) is 0 Å². The van der Waals surface area contributed by atoms with Gasteiger partial charge in [-0.2, -0.15) is 0 Å². The summed E-state index contributed by atoms with van der Waals surface area (Å²) in [7, 11) is 6.79. The van der Waals surface area contributed by atoms with Gasteiger partial charge in [0, 0.05) is 46.1 Å². The van der Waals surface area contributed by atoms with E-state index in [0.717, 1.165) is 19.3 Å². The molecule has 20 heteroatoms. The van der Waals surface area contributed by atoms with Gasteiger partial charge in [-0.25, -0.2) is 4.79 Å². The first-order valence-corrected chi connectivity index (χ1v) is 26.1. The predicted octanol–water partition coefficient (Wildman–Crippen LogP) is 2.11. The van der Waals surface area contributed by atoms with Gasteiger partial charge >= 0.3 is 6.03 Å². The molecule has 0 radical (unpaired) electrons. The smallest absolute Gasteiger partial charge is 0.312 e. The maximum atomic E-state index is 14.4. The summed E-state index contributed by atoms with van der Waals surface area (Å²) in [4.78, 5) is 99.7. The van der Waals surface area contributed by atoms with Crippen molar-refractivity contribution in [3.63, 3.8) is 0 Å². The summed E-state index contributed by atoms with van der Waals surface area (Å²) in [6.45, 7) is 13.5. The topological polar surface area (TPSA) is 280 Å². The van der Waals surface area contributed by atoms with Crippen LogP contribution in [0, 0.1) is 29.6 Å². The molecule has 3 aliphatic rings. The lowest BCUT2D eigenvalue weighted by molar-refractivity contribution is -0.148. The molecule has 8 amide bonds. The zero-order valence-electron chi connectivity index (χ0n) is 44.8. The van der Waals surface area contributed by atoms with Crippen molar-refractivity contribution in [1.82, 2.24) is 36.0 Å². The minimum absolute atomic E-state index is 0.0204. The first-order chi connectivity index (χ1) is 34.1. The van der Waals surface area contributed by atoms with Gasteiger partial charge in [0.2, 0.25) is 35.4 Å². The normalized spacial score (nSPS) is 22.5. The third-order valence-corrected chi connectivity index (χ3v) is 15.5. The molecule has 2 heterocycles. The van der Waals surface area contributed by atoms with Gasteiger partial charge in [-0.05, 0) is 99.8 Å². The molecule has 20 nitrogen and oxygen atoms in total. The quantitative estimate of drug-likeness (QED) is 0.0561. The molecule has 2 aliphatic heterocycles. The second kappa shape index (κ2) is 28.0. The fourth-order valence-corrected chi connectivity index (χ4v) is 11.0. The Labute approximate surface area is 427 Å². The summed E-state index contributed by atoms with van der Waals surface area (Å²) in [5.74, 6) is -2.75.